The fourth-order valence-corrected chi connectivity index (χ4v) is 3.96. The lowest BCUT2D eigenvalue weighted by molar-refractivity contribution is 0.102. The van der Waals surface area contributed by atoms with Crippen LogP contribution >= 0.6 is 27.7 Å². The molecule has 1 N–H and O–H groups in total. The molecule has 26 heavy (non-hydrogen) atoms. The van der Waals surface area contributed by atoms with Gasteiger partial charge in [0.25, 0.3) is 5.91 Å². The zero-order valence-electron chi connectivity index (χ0n) is 14.9. The third kappa shape index (κ3) is 4.16. The molecule has 3 rings (SSSR count). The average molecular weight is 432 g/mol. The second-order valence-corrected chi connectivity index (χ2v) is 7.75. The zero-order valence-corrected chi connectivity index (χ0v) is 17.3. The van der Waals surface area contributed by atoms with Crippen molar-refractivity contribution in [2.24, 2.45) is 0 Å². The molecule has 1 amide bonds. The Hall–Kier alpha value is -2.12. The van der Waals surface area contributed by atoms with Gasteiger partial charge >= 0.3 is 0 Å². The molecule has 2 heterocycles. The Labute approximate surface area is 164 Å². The number of aryl methyl sites for hydroxylation is 4. The molecule has 0 atom stereocenters. The summed E-state index contributed by atoms with van der Waals surface area (Å²) < 4.78 is 6.17. The minimum Gasteiger partial charge on any atom is -0.465 e. The average Bonchev–Trinajstić information content (AvgIpc) is 2.81. The van der Waals surface area contributed by atoms with E-state index in [0.29, 0.717) is 32.4 Å². The summed E-state index contributed by atoms with van der Waals surface area (Å²) >= 11 is 4.89. The van der Waals surface area contributed by atoms with Crippen molar-refractivity contribution in [2.75, 3.05) is 5.32 Å². The Morgan fingerprint density at radius 1 is 1.04 bits per heavy atom. The molecule has 134 valence electrons. The number of furan rings is 1. The number of carbonyl (C=O) groups is 1. The quantitative estimate of drug-likeness (QED) is 0.554. The molecule has 0 unspecified atom stereocenters. The first kappa shape index (κ1) is 18.7. The van der Waals surface area contributed by atoms with E-state index in [2.05, 4.69) is 31.2 Å². The zero-order chi connectivity index (χ0) is 18.8. The molecule has 5 nitrogen and oxygen atoms in total. The van der Waals surface area contributed by atoms with E-state index >= 15 is 0 Å². The molecule has 0 bridgehead atoms. The van der Waals surface area contributed by atoms with Gasteiger partial charge in [-0.05, 0) is 85.7 Å². The van der Waals surface area contributed by atoms with E-state index in [9.17, 15) is 4.79 Å². The van der Waals surface area contributed by atoms with Gasteiger partial charge in [0.1, 0.15) is 11.5 Å². The van der Waals surface area contributed by atoms with E-state index in [1.54, 1.807) is 6.92 Å². The van der Waals surface area contributed by atoms with E-state index in [-0.39, 0.29) is 5.91 Å². The SMILES string of the molecule is Cc1cc(C)nc(Sc2ccc(NC(=O)c3c(C)oc(C)c3Br)cc2)n1. The largest absolute Gasteiger partial charge is 0.465 e. The summed E-state index contributed by atoms with van der Waals surface area (Å²) in [7, 11) is 0. The first-order valence-corrected chi connectivity index (χ1v) is 9.61. The molecule has 0 saturated carbocycles. The Morgan fingerprint density at radius 2 is 1.65 bits per heavy atom. The van der Waals surface area contributed by atoms with Gasteiger partial charge in [-0.25, -0.2) is 9.97 Å². The minimum absolute atomic E-state index is 0.204. The van der Waals surface area contributed by atoms with Crippen LogP contribution in [-0.2, 0) is 0 Å². The van der Waals surface area contributed by atoms with Crippen LogP contribution in [0.25, 0.3) is 0 Å². The molecule has 0 aliphatic heterocycles. The van der Waals surface area contributed by atoms with Crippen LogP contribution < -0.4 is 5.32 Å². The predicted octanol–water partition coefficient (Wildman–Crippen LogP) is 5.47. The Morgan fingerprint density at radius 3 is 2.19 bits per heavy atom. The van der Waals surface area contributed by atoms with Gasteiger partial charge < -0.3 is 9.73 Å². The number of benzene rings is 1. The van der Waals surface area contributed by atoms with Crippen molar-refractivity contribution in [3.63, 3.8) is 0 Å². The minimum atomic E-state index is -0.204. The van der Waals surface area contributed by atoms with Crippen LogP contribution in [0.4, 0.5) is 5.69 Å². The highest BCUT2D eigenvalue weighted by Gasteiger charge is 2.19. The third-order valence-electron chi connectivity index (χ3n) is 3.70. The lowest BCUT2D eigenvalue weighted by Crippen LogP contribution is -2.12. The topological polar surface area (TPSA) is 68.0 Å². The number of amides is 1. The number of carbonyl (C=O) groups excluding carboxylic acids is 1. The molecule has 3 aromatic rings. The lowest BCUT2D eigenvalue weighted by Gasteiger charge is -2.07. The van der Waals surface area contributed by atoms with Gasteiger partial charge in [-0.15, -0.1) is 0 Å². The number of halogens is 1. The summed E-state index contributed by atoms with van der Waals surface area (Å²) in [5, 5.41) is 3.61. The lowest BCUT2D eigenvalue weighted by atomic mass is 10.2. The van der Waals surface area contributed by atoms with Crippen LogP contribution in [0.1, 0.15) is 33.3 Å². The third-order valence-corrected chi connectivity index (χ3v) is 5.52. The summed E-state index contributed by atoms with van der Waals surface area (Å²) in [4.78, 5) is 22.4. The van der Waals surface area contributed by atoms with Crippen molar-refractivity contribution in [1.29, 1.82) is 0 Å². The number of nitrogens with zero attached hydrogens (tertiary/aromatic N) is 2. The first-order valence-electron chi connectivity index (χ1n) is 8.00. The fraction of sp³-hybridized carbons (Fsp3) is 0.211. The van der Waals surface area contributed by atoms with Gasteiger partial charge in [0, 0.05) is 22.0 Å². The second kappa shape index (κ2) is 7.63. The van der Waals surface area contributed by atoms with Crippen molar-refractivity contribution in [3.05, 3.63) is 63.3 Å². The van der Waals surface area contributed by atoms with E-state index in [4.69, 9.17) is 4.42 Å². The van der Waals surface area contributed by atoms with Crippen LogP contribution in [-0.4, -0.2) is 15.9 Å². The molecule has 7 heteroatoms. The Kier molecular flexibility index (Phi) is 5.48. The van der Waals surface area contributed by atoms with Crippen molar-refractivity contribution in [1.82, 2.24) is 9.97 Å². The maximum Gasteiger partial charge on any atom is 0.260 e. The monoisotopic (exact) mass is 431 g/mol. The highest BCUT2D eigenvalue weighted by Crippen LogP contribution is 2.29. The number of hydrogen-bond acceptors (Lipinski definition) is 5. The molecule has 0 fully saturated rings. The van der Waals surface area contributed by atoms with Crippen molar-refractivity contribution in [2.45, 2.75) is 37.7 Å². The van der Waals surface area contributed by atoms with Crippen molar-refractivity contribution >= 4 is 39.3 Å². The standard InChI is InChI=1S/C19H18BrN3O2S/c1-10-9-11(2)22-19(21-10)26-15-7-5-14(6-8-15)23-18(24)16-12(3)25-13(4)17(16)20/h5-9H,1-4H3,(H,23,24). The maximum atomic E-state index is 12.5. The first-order chi connectivity index (χ1) is 12.3. The highest BCUT2D eigenvalue weighted by molar-refractivity contribution is 9.10. The summed E-state index contributed by atoms with van der Waals surface area (Å²) in [6.45, 7) is 7.50. The van der Waals surface area contributed by atoms with Gasteiger partial charge in [0.15, 0.2) is 5.16 Å². The molecule has 0 saturated heterocycles. The smallest absolute Gasteiger partial charge is 0.260 e. The second-order valence-electron chi connectivity index (χ2n) is 5.92. The molecule has 0 spiro atoms. The number of hydrogen-bond donors (Lipinski definition) is 1. The highest BCUT2D eigenvalue weighted by atomic mass is 79.9. The number of anilines is 1. The van der Waals surface area contributed by atoms with Crippen molar-refractivity contribution in [3.8, 4) is 0 Å². The van der Waals surface area contributed by atoms with Gasteiger partial charge in [-0.3, -0.25) is 4.79 Å². The van der Waals surface area contributed by atoms with Gasteiger partial charge in [-0.1, -0.05) is 0 Å². The Bertz CT molecular complexity index is 947. The van der Waals surface area contributed by atoms with Gasteiger partial charge in [0.05, 0.1) is 10.0 Å². The maximum absolute atomic E-state index is 12.5. The number of aromatic nitrogens is 2. The molecule has 0 radical (unpaired) electrons. The summed E-state index contributed by atoms with van der Waals surface area (Å²) in [5.74, 6) is 1.07. The molecular formula is C19H18BrN3O2S. The molecular weight excluding hydrogens is 414 g/mol. The van der Waals surface area contributed by atoms with E-state index in [1.165, 1.54) is 11.8 Å². The van der Waals surface area contributed by atoms with Crippen LogP contribution in [0.15, 0.2) is 49.3 Å². The molecule has 0 aliphatic rings. The van der Waals surface area contributed by atoms with E-state index in [0.717, 1.165) is 16.3 Å². The van der Waals surface area contributed by atoms with Gasteiger partial charge in [0.2, 0.25) is 0 Å². The van der Waals surface area contributed by atoms with Crippen molar-refractivity contribution < 1.29 is 9.21 Å². The van der Waals surface area contributed by atoms with E-state index in [1.807, 2.05) is 51.1 Å². The normalized spacial score (nSPS) is 10.8. The van der Waals surface area contributed by atoms with Gasteiger partial charge in [-0.2, -0.15) is 0 Å². The molecule has 2 aromatic heterocycles. The van der Waals surface area contributed by atoms with E-state index < -0.39 is 0 Å². The number of nitrogens with one attached hydrogen (secondary N) is 1. The van der Waals surface area contributed by atoms with Crippen LogP contribution in [0.2, 0.25) is 0 Å². The summed E-state index contributed by atoms with van der Waals surface area (Å²) in [6, 6.07) is 9.53. The molecule has 0 aliphatic carbocycles. The fourth-order valence-electron chi connectivity index (χ4n) is 2.56. The van der Waals surface area contributed by atoms with Crippen LogP contribution in [0.3, 0.4) is 0 Å². The Balaban J connectivity index is 1.72. The van der Waals surface area contributed by atoms with Crippen LogP contribution in [0.5, 0.6) is 0 Å². The summed E-state index contributed by atoms with van der Waals surface area (Å²) in [6.07, 6.45) is 0. The van der Waals surface area contributed by atoms with Crippen LogP contribution in [0, 0.1) is 27.7 Å². The predicted molar refractivity (Wildman–Crippen MR) is 106 cm³/mol. The molecule has 1 aromatic carbocycles. The summed E-state index contributed by atoms with van der Waals surface area (Å²) in [5.41, 5.74) is 3.12. The number of rotatable bonds is 4.